The van der Waals surface area contributed by atoms with Crippen molar-refractivity contribution in [3.63, 3.8) is 0 Å². The molecular formula is C12H15ClN2O. The maximum absolute atomic E-state index is 11.9. The number of carbonyl (C=O) groups excluding carboxylic acids is 1. The van der Waals surface area contributed by atoms with E-state index in [0.717, 1.165) is 24.9 Å². The maximum atomic E-state index is 11.9. The molecule has 86 valence electrons. The topological polar surface area (TPSA) is 33.2 Å². The lowest BCUT2D eigenvalue weighted by Crippen LogP contribution is -2.30. The zero-order valence-electron chi connectivity index (χ0n) is 9.10. The quantitative estimate of drug-likeness (QED) is 0.758. The van der Waals surface area contributed by atoms with Gasteiger partial charge in [-0.15, -0.1) is 11.6 Å². The van der Waals surface area contributed by atoms with Crippen molar-refractivity contribution < 1.29 is 4.79 Å². The molecule has 1 amide bonds. The fourth-order valence-electron chi connectivity index (χ4n) is 2.21. The van der Waals surface area contributed by atoms with Crippen molar-refractivity contribution in [1.29, 1.82) is 0 Å². The Bertz CT molecular complexity index is 355. The molecule has 0 saturated carbocycles. The predicted molar refractivity (Wildman–Crippen MR) is 63.3 cm³/mol. The second-order valence-corrected chi connectivity index (χ2v) is 4.35. The highest BCUT2D eigenvalue weighted by Gasteiger charge is 2.29. The maximum Gasteiger partial charge on any atom is 0.224 e. The second kappa shape index (κ2) is 5.30. The van der Waals surface area contributed by atoms with Crippen LogP contribution in [0.25, 0.3) is 0 Å². The van der Waals surface area contributed by atoms with Crippen LogP contribution in [0, 0.1) is 0 Å². The minimum atomic E-state index is 0.154. The summed E-state index contributed by atoms with van der Waals surface area (Å²) in [7, 11) is 0. The second-order valence-electron chi connectivity index (χ2n) is 3.97. The Labute approximate surface area is 100 Å². The molecule has 1 saturated heterocycles. The van der Waals surface area contributed by atoms with Crippen molar-refractivity contribution in [3.8, 4) is 0 Å². The Morgan fingerprint density at radius 3 is 3.19 bits per heavy atom. The van der Waals surface area contributed by atoms with E-state index in [1.54, 1.807) is 6.20 Å². The molecule has 0 radical (unpaired) electrons. The van der Waals surface area contributed by atoms with Crippen LogP contribution in [0.15, 0.2) is 24.5 Å². The summed E-state index contributed by atoms with van der Waals surface area (Å²) in [5.74, 6) is 0.552. The number of amides is 1. The third kappa shape index (κ3) is 2.35. The molecule has 2 heterocycles. The Morgan fingerprint density at radius 1 is 1.62 bits per heavy atom. The lowest BCUT2D eigenvalue weighted by molar-refractivity contribution is -0.131. The summed E-state index contributed by atoms with van der Waals surface area (Å²) in [6.07, 6.45) is 6.12. The van der Waals surface area contributed by atoms with Crippen molar-refractivity contribution in [2.75, 3.05) is 12.4 Å². The van der Waals surface area contributed by atoms with Crippen LogP contribution >= 0.6 is 11.6 Å². The number of likely N-dealkylation sites (tertiary alicyclic amines) is 1. The van der Waals surface area contributed by atoms with Crippen LogP contribution in [0.4, 0.5) is 0 Å². The van der Waals surface area contributed by atoms with E-state index in [4.69, 9.17) is 11.6 Å². The van der Waals surface area contributed by atoms with Gasteiger partial charge in [-0.2, -0.15) is 0 Å². The van der Waals surface area contributed by atoms with Crippen LogP contribution in [0.1, 0.15) is 30.9 Å². The average molecular weight is 239 g/mol. The van der Waals surface area contributed by atoms with Gasteiger partial charge in [0.25, 0.3) is 0 Å². The van der Waals surface area contributed by atoms with Gasteiger partial charge in [0.15, 0.2) is 0 Å². The van der Waals surface area contributed by atoms with Gasteiger partial charge in [0.05, 0.1) is 6.04 Å². The van der Waals surface area contributed by atoms with Crippen molar-refractivity contribution in [2.45, 2.75) is 25.3 Å². The smallest absolute Gasteiger partial charge is 0.224 e. The number of hydrogen-bond donors (Lipinski definition) is 0. The normalized spacial score (nSPS) is 20.1. The molecule has 4 heteroatoms. The summed E-state index contributed by atoms with van der Waals surface area (Å²) in [5.41, 5.74) is 1.13. The minimum absolute atomic E-state index is 0.154. The lowest BCUT2D eigenvalue weighted by atomic mass is 10.1. The molecule has 0 spiro atoms. The largest absolute Gasteiger partial charge is 0.336 e. The summed E-state index contributed by atoms with van der Waals surface area (Å²) < 4.78 is 0. The zero-order valence-corrected chi connectivity index (χ0v) is 9.86. The van der Waals surface area contributed by atoms with E-state index < -0.39 is 0 Å². The standard InChI is InChI=1S/C12H15ClN2O/c13-6-5-12(16)15-8-2-4-11(15)10-3-1-7-14-9-10/h1,3,7,9,11H,2,4-6,8H2/t11-/m0/s1. The number of carbonyl (C=O) groups is 1. The molecule has 2 rings (SSSR count). The molecular weight excluding hydrogens is 224 g/mol. The van der Waals surface area contributed by atoms with E-state index in [2.05, 4.69) is 4.98 Å². The number of aromatic nitrogens is 1. The van der Waals surface area contributed by atoms with Crippen LogP contribution in [0.5, 0.6) is 0 Å². The molecule has 3 nitrogen and oxygen atoms in total. The number of halogens is 1. The van der Waals surface area contributed by atoms with Crippen molar-refractivity contribution in [2.24, 2.45) is 0 Å². The first-order valence-electron chi connectivity index (χ1n) is 5.58. The molecule has 1 aromatic heterocycles. The fraction of sp³-hybridized carbons (Fsp3) is 0.500. The molecule has 0 N–H and O–H groups in total. The van der Waals surface area contributed by atoms with Crippen LogP contribution in [0.3, 0.4) is 0 Å². The van der Waals surface area contributed by atoms with Gasteiger partial charge in [-0.05, 0) is 24.5 Å². The van der Waals surface area contributed by atoms with Crippen molar-refractivity contribution >= 4 is 17.5 Å². The summed E-state index contributed by atoms with van der Waals surface area (Å²) in [5, 5.41) is 0. The molecule has 1 aliphatic heterocycles. The summed E-state index contributed by atoms with van der Waals surface area (Å²) in [6.45, 7) is 0.843. The first-order chi connectivity index (χ1) is 7.83. The van der Waals surface area contributed by atoms with Gasteiger partial charge in [0.1, 0.15) is 0 Å². The average Bonchev–Trinajstić information content (AvgIpc) is 2.79. The van der Waals surface area contributed by atoms with Gasteiger partial charge in [-0.25, -0.2) is 0 Å². The van der Waals surface area contributed by atoms with Crippen LogP contribution in [0.2, 0.25) is 0 Å². The van der Waals surface area contributed by atoms with Gasteiger partial charge < -0.3 is 4.90 Å². The van der Waals surface area contributed by atoms with Crippen molar-refractivity contribution in [1.82, 2.24) is 9.88 Å². The molecule has 1 atom stereocenters. The van der Waals surface area contributed by atoms with E-state index in [0.29, 0.717) is 12.3 Å². The monoisotopic (exact) mass is 238 g/mol. The third-order valence-corrected chi connectivity index (χ3v) is 3.14. The lowest BCUT2D eigenvalue weighted by Gasteiger charge is -2.24. The first-order valence-corrected chi connectivity index (χ1v) is 6.11. The Morgan fingerprint density at radius 2 is 2.50 bits per heavy atom. The van der Waals surface area contributed by atoms with E-state index in [-0.39, 0.29) is 11.9 Å². The SMILES string of the molecule is O=C(CCCl)N1CCC[C@H]1c1cccnc1. The molecule has 0 bridgehead atoms. The van der Waals surface area contributed by atoms with E-state index in [1.807, 2.05) is 23.2 Å². The van der Waals surface area contributed by atoms with Crippen molar-refractivity contribution in [3.05, 3.63) is 30.1 Å². The number of alkyl halides is 1. The number of hydrogen-bond acceptors (Lipinski definition) is 2. The fourth-order valence-corrected chi connectivity index (χ4v) is 2.37. The molecule has 16 heavy (non-hydrogen) atoms. The van der Waals surface area contributed by atoms with Gasteiger partial charge >= 0.3 is 0 Å². The zero-order chi connectivity index (χ0) is 11.4. The Hall–Kier alpha value is -1.09. The van der Waals surface area contributed by atoms with Gasteiger partial charge in [0, 0.05) is 31.2 Å². The third-order valence-electron chi connectivity index (χ3n) is 2.95. The molecule has 0 aromatic carbocycles. The van der Waals surface area contributed by atoms with E-state index in [1.165, 1.54) is 0 Å². The van der Waals surface area contributed by atoms with E-state index >= 15 is 0 Å². The number of rotatable bonds is 3. The summed E-state index contributed by atoms with van der Waals surface area (Å²) in [6, 6.07) is 4.14. The Balaban J connectivity index is 2.12. The predicted octanol–water partition coefficient (Wildman–Crippen LogP) is 2.37. The first kappa shape index (κ1) is 11.4. The van der Waals surface area contributed by atoms with Crippen LogP contribution in [-0.4, -0.2) is 28.2 Å². The molecule has 0 unspecified atom stereocenters. The summed E-state index contributed by atoms with van der Waals surface area (Å²) >= 11 is 5.61. The molecule has 0 aliphatic carbocycles. The number of nitrogens with zero attached hydrogens (tertiary/aromatic N) is 2. The van der Waals surface area contributed by atoms with Crippen LogP contribution < -0.4 is 0 Å². The molecule has 1 aromatic rings. The molecule has 1 fully saturated rings. The Kier molecular flexibility index (Phi) is 3.78. The minimum Gasteiger partial charge on any atom is -0.336 e. The highest BCUT2D eigenvalue weighted by molar-refractivity contribution is 6.18. The molecule has 1 aliphatic rings. The van der Waals surface area contributed by atoms with Crippen LogP contribution in [-0.2, 0) is 4.79 Å². The highest BCUT2D eigenvalue weighted by Crippen LogP contribution is 2.31. The van der Waals surface area contributed by atoms with Gasteiger partial charge in [0.2, 0.25) is 5.91 Å². The van der Waals surface area contributed by atoms with E-state index in [9.17, 15) is 4.79 Å². The van der Waals surface area contributed by atoms with Gasteiger partial charge in [-0.1, -0.05) is 6.07 Å². The number of pyridine rings is 1. The summed E-state index contributed by atoms with van der Waals surface area (Å²) in [4.78, 5) is 17.9. The van der Waals surface area contributed by atoms with Gasteiger partial charge in [-0.3, -0.25) is 9.78 Å². The highest BCUT2D eigenvalue weighted by atomic mass is 35.5.